The van der Waals surface area contributed by atoms with E-state index < -0.39 is 0 Å². The van der Waals surface area contributed by atoms with Crippen molar-refractivity contribution in [3.05, 3.63) is 94.7 Å². The lowest BCUT2D eigenvalue weighted by Gasteiger charge is -2.34. The molecule has 2 aliphatic heterocycles. The van der Waals surface area contributed by atoms with Gasteiger partial charge in [0.1, 0.15) is 5.37 Å². The molecule has 2 heterocycles. The maximum Gasteiger partial charge on any atom is 0.100 e. The summed E-state index contributed by atoms with van der Waals surface area (Å²) < 4.78 is 0. The van der Waals surface area contributed by atoms with Gasteiger partial charge in [0.05, 0.1) is 6.04 Å². The molecule has 26 heavy (non-hydrogen) atoms. The maximum atomic E-state index is 2.51. The van der Waals surface area contributed by atoms with Crippen molar-refractivity contribution in [2.24, 2.45) is 0 Å². The molecule has 4 rings (SSSR count). The van der Waals surface area contributed by atoms with Gasteiger partial charge in [-0.3, -0.25) is 0 Å². The molecular formula is C23H24N2S. The number of likely N-dealkylation sites (N-methyl/N-ethyl adjacent to an activating group) is 1. The Labute approximate surface area is 160 Å². The van der Waals surface area contributed by atoms with E-state index in [0.717, 1.165) is 0 Å². The smallest absolute Gasteiger partial charge is 0.100 e. The van der Waals surface area contributed by atoms with Gasteiger partial charge in [-0.1, -0.05) is 54.6 Å². The molecule has 2 aromatic rings. The number of benzene rings is 2. The summed E-state index contributed by atoms with van der Waals surface area (Å²) in [4.78, 5) is 4.80. The topological polar surface area (TPSA) is 6.48 Å². The second-order valence-corrected chi connectivity index (χ2v) is 7.81. The molecule has 2 nitrogen and oxygen atoms in total. The van der Waals surface area contributed by atoms with Crippen LogP contribution in [0.3, 0.4) is 0 Å². The molecule has 2 atom stereocenters. The molecule has 3 heteroatoms. The molecule has 0 aliphatic carbocycles. The summed E-state index contributed by atoms with van der Waals surface area (Å²) in [6.07, 6.45) is 6.82. The van der Waals surface area contributed by atoms with Crippen LogP contribution in [0.5, 0.6) is 0 Å². The molecule has 0 saturated heterocycles. The van der Waals surface area contributed by atoms with Crippen molar-refractivity contribution in [3.8, 4) is 0 Å². The predicted octanol–water partition coefficient (Wildman–Crippen LogP) is 6.03. The minimum Gasteiger partial charge on any atom is -0.352 e. The van der Waals surface area contributed by atoms with Crippen molar-refractivity contribution in [3.63, 3.8) is 0 Å². The van der Waals surface area contributed by atoms with Gasteiger partial charge in [0.25, 0.3) is 0 Å². The van der Waals surface area contributed by atoms with Crippen molar-refractivity contribution in [2.75, 3.05) is 11.9 Å². The highest BCUT2D eigenvalue weighted by Crippen LogP contribution is 2.40. The Bertz CT molecular complexity index is 882. The first-order valence-corrected chi connectivity index (χ1v) is 9.97. The second-order valence-electron chi connectivity index (χ2n) is 6.82. The molecule has 0 bridgehead atoms. The van der Waals surface area contributed by atoms with Crippen LogP contribution in [0.4, 0.5) is 5.69 Å². The van der Waals surface area contributed by atoms with Crippen LogP contribution in [0.25, 0.3) is 6.08 Å². The van der Waals surface area contributed by atoms with Gasteiger partial charge >= 0.3 is 0 Å². The third-order valence-electron chi connectivity index (χ3n) is 5.19. The summed E-state index contributed by atoms with van der Waals surface area (Å²) >= 11 is 1.89. The first-order chi connectivity index (χ1) is 12.6. The van der Waals surface area contributed by atoms with Crippen LogP contribution in [0, 0.1) is 0 Å². The standard InChI is InChI=1S/C23H24N2S/c1-17-16-26-23(25(17)18(2)19-9-5-4-6-10-19)15-21-14-13-20-11-7-8-12-22(20)24(21)3/h4-16,18,23H,1-3H3/b21-15+/t18-,23?/m1/s1. The Morgan fingerprint density at radius 2 is 1.73 bits per heavy atom. The molecule has 0 aromatic heterocycles. The number of rotatable bonds is 3. The largest absolute Gasteiger partial charge is 0.352 e. The van der Waals surface area contributed by atoms with Crippen LogP contribution in [0.15, 0.2) is 83.6 Å². The van der Waals surface area contributed by atoms with E-state index in [-0.39, 0.29) is 0 Å². The summed E-state index contributed by atoms with van der Waals surface area (Å²) in [6, 6.07) is 19.6. The summed E-state index contributed by atoms with van der Waals surface area (Å²) in [7, 11) is 2.15. The molecule has 0 fully saturated rings. The lowest BCUT2D eigenvalue weighted by atomic mass is 10.0. The number of nitrogens with zero attached hydrogens (tertiary/aromatic N) is 2. The maximum absolute atomic E-state index is 2.51. The van der Waals surface area contributed by atoms with Gasteiger partial charge in [-0.25, -0.2) is 0 Å². The molecule has 0 spiro atoms. The van der Waals surface area contributed by atoms with Gasteiger partial charge in [-0.05, 0) is 48.6 Å². The Morgan fingerprint density at radius 1 is 1.00 bits per heavy atom. The minimum absolute atomic E-state index is 0.303. The average Bonchev–Trinajstić information content (AvgIpc) is 3.04. The molecule has 0 amide bonds. The number of hydrogen-bond donors (Lipinski definition) is 0. The molecule has 0 N–H and O–H groups in total. The Morgan fingerprint density at radius 3 is 2.54 bits per heavy atom. The number of thioether (sulfide) groups is 1. The van der Waals surface area contributed by atoms with Crippen molar-refractivity contribution in [1.82, 2.24) is 4.90 Å². The zero-order valence-corrected chi connectivity index (χ0v) is 16.3. The van der Waals surface area contributed by atoms with Crippen molar-refractivity contribution in [2.45, 2.75) is 25.3 Å². The molecule has 0 saturated carbocycles. The fraction of sp³-hybridized carbons (Fsp3) is 0.217. The Hall–Kier alpha value is -2.39. The Balaban J connectivity index is 1.63. The van der Waals surface area contributed by atoms with E-state index in [1.165, 1.54) is 28.2 Å². The van der Waals surface area contributed by atoms with E-state index >= 15 is 0 Å². The van der Waals surface area contributed by atoms with Crippen LogP contribution < -0.4 is 4.90 Å². The molecule has 1 unspecified atom stereocenters. The van der Waals surface area contributed by atoms with E-state index in [0.29, 0.717) is 11.4 Å². The molecular weight excluding hydrogens is 336 g/mol. The molecule has 132 valence electrons. The van der Waals surface area contributed by atoms with E-state index in [9.17, 15) is 0 Å². The number of hydrogen-bond acceptors (Lipinski definition) is 3. The van der Waals surface area contributed by atoms with Gasteiger partial charge in [0.2, 0.25) is 0 Å². The summed E-state index contributed by atoms with van der Waals surface area (Å²) in [5.74, 6) is 0. The summed E-state index contributed by atoms with van der Waals surface area (Å²) in [6.45, 7) is 4.50. The fourth-order valence-electron chi connectivity index (χ4n) is 3.71. The van der Waals surface area contributed by atoms with Crippen molar-refractivity contribution < 1.29 is 0 Å². The second kappa shape index (κ2) is 7.08. The van der Waals surface area contributed by atoms with Crippen LogP contribution in [-0.2, 0) is 0 Å². The van der Waals surface area contributed by atoms with Crippen LogP contribution in [0.2, 0.25) is 0 Å². The summed E-state index contributed by atoms with van der Waals surface area (Å²) in [5.41, 5.74) is 6.46. The highest BCUT2D eigenvalue weighted by Gasteiger charge is 2.29. The highest BCUT2D eigenvalue weighted by molar-refractivity contribution is 8.03. The van der Waals surface area contributed by atoms with Crippen molar-refractivity contribution >= 4 is 23.5 Å². The fourth-order valence-corrected chi connectivity index (χ4v) is 4.86. The third-order valence-corrected chi connectivity index (χ3v) is 6.31. The van der Waals surface area contributed by atoms with Crippen LogP contribution in [0.1, 0.15) is 31.0 Å². The number of para-hydroxylation sites is 1. The normalized spacial score (nSPS) is 21.7. The lowest BCUT2D eigenvalue weighted by molar-refractivity contribution is 0.287. The van der Waals surface area contributed by atoms with Gasteiger partial charge in [-0.2, -0.15) is 0 Å². The zero-order chi connectivity index (χ0) is 18.1. The minimum atomic E-state index is 0.303. The first-order valence-electron chi connectivity index (χ1n) is 9.03. The molecule has 2 aliphatic rings. The van der Waals surface area contributed by atoms with E-state index in [1.54, 1.807) is 0 Å². The van der Waals surface area contributed by atoms with E-state index in [4.69, 9.17) is 0 Å². The van der Waals surface area contributed by atoms with Gasteiger partial charge in [-0.15, -0.1) is 11.8 Å². The average molecular weight is 361 g/mol. The number of fused-ring (bicyclic) bond motifs is 1. The molecule has 2 aromatic carbocycles. The third kappa shape index (κ3) is 3.08. The zero-order valence-electron chi connectivity index (χ0n) is 15.5. The van der Waals surface area contributed by atoms with Crippen LogP contribution in [-0.4, -0.2) is 17.3 Å². The van der Waals surface area contributed by atoms with Crippen molar-refractivity contribution in [1.29, 1.82) is 0 Å². The number of allylic oxidation sites excluding steroid dienone is 2. The lowest BCUT2D eigenvalue weighted by Crippen LogP contribution is -2.31. The van der Waals surface area contributed by atoms with E-state index in [2.05, 4.69) is 109 Å². The molecule has 0 radical (unpaired) electrons. The van der Waals surface area contributed by atoms with Crippen LogP contribution >= 0.6 is 11.8 Å². The van der Waals surface area contributed by atoms with Gasteiger partial charge in [0.15, 0.2) is 0 Å². The van der Waals surface area contributed by atoms with Gasteiger partial charge in [0, 0.05) is 24.1 Å². The SMILES string of the molecule is CC1=CSC(/C=C2\C=Cc3ccccc3N2C)N1[C@H](C)c1ccccc1. The quantitative estimate of drug-likeness (QED) is 0.660. The number of anilines is 1. The Kier molecular flexibility index (Phi) is 4.64. The van der Waals surface area contributed by atoms with E-state index in [1.807, 2.05) is 11.8 Å². The summed E-state index contributed by atoms with van der Waals surface area (Å²) in [5, 5.41) is 2.58. The monoisotopic (exact) mass is 360 g/mol. The predicted molar refractivity (Wildman–Crippen MR) is 114 cm³/mol. The highest BCUT2D eigenvalue weighted by atomic mass is 32.2. The van der Waals surface area contributed by atoms with Gasteiger partial charge < -0.3 is 9.80 Å². The first kappa shape index (κ1) is 17.0.